The van der Waals surface area contributed by atoms with Gasteiger partial charge in [-0.15, -0.1) is 0 Å². The van der Waals surface area contributed by atoms with Gasteiger partial charge in [0, 0.05) is 6.07 Å². The zero-order valence-electron chi connectivity index (χ0n) is 13.0. The Morgan fingerprint density at radius 3 is 2.19 bits per heavy atom. The second-order valence-electron chi connectivity index (χ2n) is 5.04. The van der Waals surface area contributed by atoms with Crippen molar-refractivity contribution < 1.29 is 35.6 Å². The van der Waals surface area contributed by atoms with Crippen LogP contribution in [0.25, 0.3) is 0 Å². The van der Waals surface area contributed by atoms with Crippen LogP contribution in [-0.2, 0) is 27.1 Å². The molecule has 0 N–H and O–H groups in total. The fraction of sp³-hybridized carbons (Fsp3) is 0.143. The van der Waals surface area contributed by atoms with Crippen molar-refractivity contribution in [3.05, 3.63) is 73.8 Å². The Morgan fingerprint density at radius 1 is 1.00 bits per heavy atom. The molecule has 27 heavy (non-hydrogen) atoms. The Hall–Kier alpha value is -3.06. The Morgan fingerprint density at radius 2 is 1.63 bits per heavy atom. The van der Waals surface area contributed by atoms with Crippen LogP contribution in [0.1, 0.15) is 11.1 Å². The second kappa shape index (κ2) is 7.28. The molecule has 0 saturated carbocycles. The van der Waals surface area contributed by atoms with Gasteiger partial charge in [-0.25, -0.2) is 0 Å². The van der Waals surface area contributed by atoms with Crippen molar-refractivity contribution in [2.45, 2.75) is 17.7 Å². The van der Waals surface area contributed by atoms with Gasteiger partial charge in [0.05, 0.1) is 33.6 Å². The smallest absolute Gasteiger partial charge is 0.261 e. The van der Waals surface area contributed by atoms with Crippen LogP contribution in [0.5, 0.6) is 0 Å². The molecular weight excluding hydrogens is 397 g/mol. The minimum absolute atomic E-state index is 0.362. The minimum Gasteiger partial charge on any atom is -0.261 e. The first-order chi connectivity index (χ1) is 12.4. The average Bonchev–Trinajstić information content (AvgIpc) is 2.59. The zero-order valence-corrected chi connectivity index (χ0v) is 13.9. The highest BCUT2D eigenvalue weighted by molar-refractivity contribution is 7.86. The fourth-order valence-corrected chi connectivity index (χ4v) is 3.19. The molecule has 2 aromatic rings. The maximum atomic E-state index is 13.0. The summed E-state index contributed by atoms with van der Waals surface area (Å²) in [7, 11) is -4.92. The van der Waals surface area contributed by atoms with E-state index in [1.165, 1.54) is 0 Å². The van der Waals surface area contributed by atoms with E-state index in [1.807, 2.05) is 0 Å². The van der Waals surface area contributed by atoms with Crippen LogP contribution in [-0.4, -0.2) is 18.3 Å². The summed E-state index contributed by atoms with van der Waals surface area (Å²) in [6, 6.07) is 5.63. The highest BCUT2D eigenvalue weighted by atomic mass is 32.2. The van der Waals surface area contributed by atoms with Crippen LogP contribution < -0.4 is 0 Å². The summed E-state index contributed by atoms with van der Waals surface area (Å²) in [5.41, 5.74) is -3.24. The van der Waals surface area contributed by atoms with E-state index < -0.39 is 54.6 Å². The Bertz CT molecular complexity index is 1010. The van der Waals surface area contributed by atoms with Crippen molar-refractivity contribution in [1.29, 1.82) is 0 Å². The van der Waals surface area contributed by atoms with E-state index in [0.29, 0.717) is 18.2 Å². The van der Waals surface area contributed by atoms with E-state index in [-0.39, 0.29) is 5.56 Å². The quantitative estimate of drug-likeness (QED) is 0.408. The van der Waals surface area contributed by atoms with Gasteiger partial charge in [0.25, 0.3) is 21.5 Å². The van der Waals surface area contributed by atoms with Crippen LogP contribution in [0, 0.1) is 20.2 Å². The molecule has 0 aliphatic heterocycles. The molecule has 2 aromatic carbocycles. The van der Waals surface area contributed by atoms with Gasteiger partial charge in [0.15, 0.2) is 0 Å². The molecule has 0 bridgehead atoms. The van der Waals surface area contributed by atoms with Crippen molar-refractivity contribution in [3.8, 4) is 0 Å². The first-order valence-electron chi connectivity index (χ1n) is 6.91. The third-order valence-electron chi connectivity index (χ3n) is 3.31. The molecule has 2 rings (SSSR count). The predicted molar refractivity (Wildman–Crippen MR) is 83.2 cm³/mol. The van der Waals surface area contributed by atoms with Crippen molar-refractivity contribution in [3.63, 3.8) is 0 Å². The van der Waals surface area contributed by atoms with Crippen molar-refractivity contribution in [1.82, 2.24) is 0 Å². The number of nitro groups is 2. The van der Waals surface area contributed by atoms with Gasteiger partial charge >= 0.3 is 6.18 Å². The molecule has 0 spiro atoms. The SMILES string of the molecule is O=[N+]([O-])c1ccc(COS(=O)(=O)c2ccccc2C(F)(F)F)c([N+](=O)[O-])c1. The number of nitro benzene ring substituents is 2. The van der Waals surface area contributed by atoms with Crippen LogP contribution in [0.3, 0.4) is 0 Å². The average molecular weight is 406 g/mol. The highest BCUT2D eigenvalue weighted by Gasteiger charge is 2.37. The standard InChI is InChI=1S/C14H9F3N2O7S/c15-14(16,17)11-3-1-2-4-13(11)27(24,25)26-8-9-5-6-10(18(20)21)7-12(9)19(22)23/h1-7H,8H2. The second-order valence-corrected chi connectivity index (χ2v) is 6.62. The minimum atomic E-state index is -4.97. The molecule has 0 aromatic heterocycles. The summed E-state index contributed by atoms with van der Waals surface area (Å²) < 4.78 is 67.7. The monoisotopic (exact) mass is 406 g/mol. The van der Waals surface area contributed by atoms with E-state index >= 15 is 0 Å². The maximum Gasteiger partial charge on any atom is 0.417 e. The van der Waals surface area contributed by atoms with E-state index in [4.69, 9.17) is 0 Å². The van der Waals surface area contributed by atoms with Gasteiger partial charge in [0.1, 0.15) is 4.90 Å². The fourth-order valence-electron chi connectivity index (χ4n) is 2.08. The number of benzene rings is 2. The molecule has 0 heterocycles. The number of halogens is 3. The van der Waals surface area contributed by atoms with Crippen molar-refractivity contribution in [2.75, 3.05) is 0 Å². The van der Waals surface area contributed by atoms with E-state index in [1.54, 1.807) is 0 Å². The summed E-state index contributed by atoms with van der Waals surface area (Å²) >= 11 is 0. The van der Waals surface area contributed by atoms with Crippen LogP contribution in [0.4, 0.5) is 24.5 Å². The molecule has 0 amide bonds. The highest BCUT2D eigenvalue weighted by Crippen LogP contribution is 2.35. The van der Waals surface area contributed by atoms with E-state index in [2.05, 4.69) is 4.18 Å². The van der Waals surface area contributed by atoms with Gasteiger partial charge < -0.3 is 0 Å². The van der Waals surface area contributed by atoms with E-state index in [0.717, 1.165) is 24.3 Å². The molecular formula is C14H9F3N2O7S. The molecule has 0 aliphatic rings. The largest absolute Gasteiger partial charge is 0.417 e. The topological polar surface area (TPSA) is 130 Å². The normalized spacial score (nSPS) is 12.0. The summed E-state index contributed by atoms with van der Waals surface area (Å²) in [4.78, 5) is 18.6. The molecule has 0 radical (unpaired) electrons. The molecule has 0 saturated heterocycles. The number of alkyl halides is 3. The van der Waals surface area contributed by atoms with Crippen LogP contribution in [0.15, 0.2) is 47.4 Å². The Balaban J connectivity index is 2.37. The van der Waals surface area contributed by atoms with Gasteiger partial charge in [0.2, 0.25) is 0 Å². The lowest BCUT2D eigenvalue weighted by Crippen LogP contribution is -2.15. The molecule has 0 aliphatic carbocycles. The number of nitrogens with zero attached hydrogens (tertiary/aromatic N) is 2. The van der Waals surface area contributed by atoms with Gasteiger partial charge in [-0.2, -0.15) is 21.6 Å². The predicted octanol–water partition coefficient (Wildman–Crippen LogP) is 3.43. The lowest BCUT2D eigenvalue weighted by Gasteiger charge is -2.13. The summed E-state index contributed by atoms with van der Waals surface area (Å²) in [6.45, 7) is -0.983. The van der Waals surface area contributed by atoms with E-state index in [9.17, 15) is 41.8 Å². The zero-order chi connectivity index (χ0) is 20.4. The third kappa shape index (κ3) is 4.57. The first-order valence-corrected chi connectivity index (χ1v) is 8.31. The number of hydrogen-bond donors (Lipinski definition) is 0. The molecule has 0 unspecified atom stereocenters. The lowest BCUT2D eigenvalue weighted by molar-refractivity contribution is -0.394. The summed E-state index contributed by atoms with van der Waals surface area (Å²) in [5, 5.41) is 21.7. The number of hydrogen-bond acceptors (Lipinski definition) is 7. The van der Waals surface area contributed by atoms with Crippen LogP contribution >= 0.6 is 0 Å². The van der Waals surface area contributed by atoms with Gasteiger partial charge in [-0.1, -0.05) is 12.1 Å². The Labute approximate surface area is 149 Å². The molecule has 9 nitrogen and oxygen atoms in total. The molecule has 0 atom stereocenters. The van der Waals surface area contributed by atoms with Gasteiger partial charge in [-0.3, -0.25) is 24.4 Å². The molecule has 0 fully saturated rings. The molecule has 144 valence electrons. The van der Waals surface area contributed by atoms with Crippen LogP contribution in [0.2, 0.25) is 0 Å². The number of non-ortho nitro benzene ring substituents is 1. The summed E-state index contributed by atoms with van der Waals surface area (Å²) in [6.07, 6.45) is -4.97. The maximum absolute atomic E-state index is 13.0. The first kappa shape index (κ1) is 20.3. The summed E-state index contributed by atoms with van der Waals surface area (Å²) in [5.74, 6) is 0. The van der Waals surface area contributed by atoms with Crippen molar-refractivity contribution >= 4 is 21.5 Å². The molecule has 13 heteroatoms. The number of rotatable bonds is 6. The third-order valence-corrected chi connectivity index (χ3v) is 4.63. The Kier molecular flexibility index (Phi) is 5.46. The van der Waals surface area contributed by atoms with Crippen molar-refractivity contribution in [2.24, 2.45) is 0 Å². The van der Waals surface area contributed by atoms with Gasteiger partial charge in [-0.05, 0) is 18.2 Å². The lowest BCUT2D eigenvalue weighted by atomic mass is 10.2.